The number of likely N-dealkylation sites (N-methyl/N-ethyl adjacent to an activating group) is 1. The summed E-state index contributed by atoms with van der Waals surface area (Å²) in [6.45, 7) is 6.04. The smallest absolute Gasteiger partial charge is 0.0703 e. The molecule has 2 rings (SSSR count). The van der Waals surface area contributed by atoms with E-state index in [2.05, 4.69) is 11.8 Å². The zero-order chi connectivity index (χ0) is 13.7. The van der Waals surface area contributed by atoms with Crippen LogP contribution < -0.4 is 5.73 Å². The van der Waals surface area contributed by atoms with Gasteiger partial charge in [-0.2, -0.15) is 0 Å². The molecule has 4 heteroatoms. The number of nitrogens with zero attached hydrogens (tertiary/aromatic N) is 1. The summed E-state index contributed by atoms with van der Waals surface area (Å²) in [4.78, 5) is 2.58. The SMILES string of the molecule is CCN(CC1CCCO1)C1(CN)CCC(OC)CC1. The summed E-state index contributed by atoms with van der Waals surface area (Å²) < 4.78 is 11.3. The van der Waals surface area contributed by atoms with Crippen LogP contribution >= 0.6 is 0 Å². The zero-order valence-electron chi connectivity index (χ0n) is 12.6. The van der Waals surface area contributed by atoms with Gasteiger partial charge in [-0.05, 0) is 45.1 Å². The lowest BCUT2D eigenvalue weighted by atomic mass is 9.78. The van der Waals surface area contributed by atoms with Crippen LogP contribution in [0.1, 0.15) is 45.4 Å². The van der Waals surface area contributed by atoms with E-state index in [9.17, 15) is 0 Å². The quantitative estimate of drug-likeness (QED) is 0.799. The summed E-state index contributed by atoms with van der Waals surface area (Å²) in [5, 5.41) is 0. The lowest BCUT2D eigenvalue weighted by Gasteiger charge is -2.47. The van der Waals surface area contributed by atoms with E-state index >= 15 is 0 Å². The standard InChI is InChI=1S/C15H30N2O2/c1-3-17(11-14-5-4-10-19-14)15(12-16)8-6-13(18-2)7-9-15/h13-14H,3-12,16H2,1-2H3. The second kappa shape index (κ2) is 7.02. The van der Waals surface area contributed by atoms with Gasteiger partial charge in [-0.3, -0.25) is 4.90 Å². The third kappa shape index (κ3) is 3.48. The topological polar surface area (TPSA) is 47.7 Å². The Morgan fingerprint density at radius 3 is 2.53 bits per heavy atom. The van der Waals surface area contributed by atoms with E-state index < -0.39 is 0 Å². The predicted octanol–water partition coefficient (Wildman–Crippen LogP) is 1.77. The molecule has 0 aromatic heterocycles. The van der Waals surface area contributed by atoms with Crippen molar-refractivity contribution in [1.29, 1.82) is 0 Å². The fourth-order valence-corrected chi connectivity index (χ4v) is 3.71. The van der Waals surface area contributed by atoms with Gasteiger partial charge in [0.05, 0.1) is 12.2 Å². The fourth-order valence-electron chi connectivity index (χ4n) is 3.71. The summed E-state index contributed by atoms with van der Waals surface area (Å²) in [6.07, 6.45) is 7.85. The molecule has 1 heterocycles. The molecule has 112 valence electrons. The average molecular weight is 270 g/mol. The van der Waals surface area contributed by atoms with Gasteiger partial charge < -0.3 is 15.2 Å². The Kier molecular flexibility index (Phi) is 5.63. The lowest BCUT2D eigenvalue weighted by Crippen LogP contribution is -2.58. The molecule has 1 atom stereocenters. The van der Waals surface area contributed by atoms with Gasteiger partial charge in [-0.25, -0.2) is 0 Å². The van der Waals surface area contributed by atoms with E-state index in [1.54, 1.807) is 0 Å². The molecule has 2 N–H and O–H groups in total. The van der Waals surface area contributed by atoms with Crippen LogP contribution in [-0.4, -0.2) is 56.0 Å². The minimum Gasteiger partial charge on any atom is -0.381 e. The van der Waals surface area contributed by atoms with Crippen molar-refractivity contribution < 1.29 is 9.47 Å². The number of rotatable bonds is 6. The zero-order valence-corrected chi connectivity index (χ0v) is 12.6. The number of methoxy groups -OCH3 is 1. The largest absolute Gasteiger partial charge is 0.381 e. The molecule has 4 nitrogen and oxygen atoms in total. The van der Waals surface area contributed by atoms with Crippen LogP contribution in [0, 0.1) is 0 Å². The molecule has 0 amide bonds. The van der Waals surface area contributed by atoms with Gasteiger partial charge in [0.1, 0.15) is 0 Å². The number of hydrogen-bond acceptors (Lipinski definition) is 4. The summed E-state index contributed by atoms with van der Waals surface area (Å²) in [5.41, 5.74) is 6.33. The van der Waals surface area contributed by atoms with E-state index in [1.165, 1.54) is 12.8 Å². The third-order valence-corrected chi connectivity index (χ3v) is 5.08. The average Bonchev–Trinajstić information content (AvgIpc) is 2.98. The van der Waals surface area contributed by atoms with Gasteiger partial charge in [-0.15, -0.1) is 0 Å². The molecule has 19 heavy (non-hydrogen) atoms. The highest BCUT2D eigenvalue weighted by Crippen LogP contribution is 2.34. The lowest BCUT2D eigenvalue weighted by molar-refractivity contribution is -0.0263. The van der Waals surface area contributed by atoms with Crippen LogP contribution in [0.5, 0.6) is 0 Å². The van der Waals surface area contributed by atoms with Gasteiger partial charge in [-0.1, -0.05) is 6.92 Å². The van der Waals surface area contributed by atoms with E-state index in [-0.39, 0.29) is 5.54 Å². The molecule has 1 aliphatic carbocycles. The van der Waals surface area contributed by atoms with Crippen LogP contribution in [0.3, 0.4) is 0 Å². The molecular formula is C15H30N2O2. The molecule has 1 aliphatic heterocycles. The van der Waals surface area contributed by atoms with Gasteiger partial charge >= 0.3 is 0 Å². The van der Waals surface area contributed by atoms with Crippen LogP contribution in [-0.2, 0) is 9.47 Å². The Balaban J connectivity index is 1.96. The Bertz CT molecular complexity index is 259. The minimum absolute atomic E-state index is 0.176. The van der Waals surface area contributed by atoms with E-state index in [1.807, 2.05) is 7.11 Å². The Morgan fingerprint density at radius 1 is 1.32 bits per heavy atom. The highest BCUT2D eigenvalue weighted by atomic mass is 16.5. The summed E-state index contributed by atoms with van der Waals surface area (Å²) in [7, 11) is 1.82. The predicted molar refractivity (Wildman–Crippen MR) is 77.3 cm³/mol. The second-order valence-electron chi connectivity index (χ2n) is 6.04. The van der Waals surface area contributed by atoms with E-state index in [0.717, 1.165) is 51.9 Å². The highest BCUT2D eigenvalue weighted by molar-refractivity contribution is 4.97. The first-order chi connectivity index (χ1) is 9.24. The molecule has 2 aliphatic rings. The van der Waals surface area contributed by atoms with Crippen molar-refractivity contribution in [1.82, 2.24) is 4.90 Å². The normalized spacial score (nSPS) is 36.0. The molecule has 0 bridgehead atoms. The molecule has 0 radical (unpaired) electrons. The van der Waals surface area contributed by atoms with Crippen molar-refractivity contribution in [3.05, 3.63) is 0 Å². The minimum atomic E-state index is 0.176. The van der Waals surface area contributed by atoms with Gasteiger partial charge in [0.15, 0.2) is 0 Å². The number of ether oxygens (including phenoxy) is 2. The first-order valence-corrected chi connectivity index (χ1v) is 7.83. The van der Waals surface area contributed by atoms with Gasteiger partial charge in [0, 0.05) is 32.3 Å². The summed E-state index contributed by atoms with van der Waals surface area (Å²) in [6, 6.07) is 0. The summed E-state index contributed by atoms with van der Waals surface area (Å²) >= 11 is 0. The van der Waals surface area contributed by atoms with E-state index in [4.69, 9.17) is 15.2 Å². The molecule has 1 unspecified atom stereocenters. The van der Waals surface area contributed by atoms with Gasteiger partial charge in [0.2, 0.25) is 0 Å². The Morgan fingerprint density at radius 2 is 2.05 bits per heavy atom. The van der Waals surface area contributed by atoms with Crippen molar-refractivity contribution in [2.45, 2.75) is 63.2 Å². The fraction of sp³-hybridized carbons (Fsp3) is 1.00. The van der Waals surface area contributed by atoms with E-state index in [0.29, 0.717) is 12.2 Å². The van der Waals surface area contributed by atoms with Gasteiger partial charge in [0.25, 0.3) is 0 Å². The Labute approximate surface area is 117 Å². The monoisotopic (exact) mass is 270 g/mol. The van der Waals surface area contributed by atoms with Crippen LogP contribution in [0.15, 0.2) is 0 Å². The maximum atomic E-state index is 6.15. The van der Waals surface area contributed by atoms with Crippen LogP contribution in [0.2, 0.25) is 0 Å². The number of nitrogens with two attached hydrogens (primary N) is 1. The van der Waals surface area contributed by atoms with Crippen molar-refractivity contribution in [3.63, 3.8) is 0 Å². The molecule has 2 fully saturated rings. The molecular weight excluding hydrogens is 240 g/mol. The third-order valence-electron chi connectivity index (χ3n) is 5.08. The van der Waals surface area contributed by atoms with Crippen molar-refractivity contribution in [2.24, 2.45) is 5.73 Å². The molecule has 1 saturated heterocycles. The molecule has 0 spiro atoms. The van der Waals surface area contributed by atoms with Crippen molar-refractivity contribution in [2.75, 3.05) is 33.4 Å². The highest BCUT2D eigenvalue weighted by Gasteiger charge is 2.39. The second-order valence-corrected chi connectivity index (χ2v) is 6.04. The molecule has 1 saturated carbocycles. The van der Waals surface area contributed by atoms with Crippen molar-refractivity contribution in [3.8, 4) is 0 Å². The molecule has 0 aromatic carbocycles. The summed E-state index contributed by atoms with van der Waals surface area (Å²) in [5.74, 6) is 0. The van der Waals surface area contributed by atoms with Crippen LogP contribution in [0.4, 0.5) is 0 Å². The maximum Gasteiger partial charge on any atom is 0.0703 e. The molecule has 0 aromatic rings. The van der Waals surface area contributed by atoms with Crippen LogP contribution in [0.25, 0.3) is 0 Å². The maximum absolute atomic E-state index is 6.15. The Hall–Kier alpha value is -0.160. The van der Waals surface area contributed by atoms with Crippen molar-refractivity contribution >= 4 is 0 Å². The first-order valence-electron chi connectivity index (χ1n) is 7.83. The first kappa shape index (κ1) is 15.2. The number of hydrogen-bond donors (Lipinski definition) is 1.